The number of rotatable bonds is 11. The van der Waals surface area contributed by atoms with Gasteiger partial charge in [-0.05, 0) is 6.42 Å². The minimum atomic E-state index is 0.563. The molecule has 0 N–H and O–H groups in total. The molecule has 0 fully saturated rings. The lowest BCUT2D eigenvalue weighted by Crippen LogP contribution is -2.42. The van der Waals surface area contributed by atoms with Gasteiger partial charge < -0.3 is 4.48 Å². The van der Waals surface area contributed by atoms with Gasteiger partial charge in [0.2, 0.25) is 0 Å². The number of benzene rings is 2. The molecule has 0 amide bonds. The highest BCUT2D eigenvalue weighted by molar-refractivity contribution is 5.18. The van der Waals surface area contributed by atoms with Crippen LogP contribution in [-0.2, 0) is 6.54 Å². The average molecular weight is 339 g/mol. The lowest BCUT2D eigenvalue weighted by Gasteiger charge is -2.39. The van der Waals surface area contributed by atoms with Crippen molar-refractivity contribution in [2.75, 3.05) is 14.1 Å². The Hall–Kier alpha value is -1.60. The first-order valence-electron chi connectivity index (χ1n) is 10.0. The zero-order valence-corrected chi connectivity index (χ0v) is 16.5. The maximum atomic E-state index is 2.39. The van der Waals surface area contributed by atoms with Crippen LogP contribution in [0, 0.1) is 0 Å². The van der Waals surface area contributed by atoms with Crippen LogP contribution in [0.2, 0.25) is 0 Å². The summed E-state index contributed by atoms with van der Waals surface area (Å²) in [4.78, 5) is 0. The predicted octanol–water partition coefficient (Wildman–Crippen LogP) is 6.75. The highest BCUT2D eigenvalue weighted by Gasteiger charge is 2.29. The van der Waals surface area contributed by atoms with E-state index in [0.29, 0.717) is 6.04 Å². The number of nitrogens with zero attached hydrogens (tertiary/aromatic N) is 1. The number of quaternary nitrogens is 1. The summed E-state index contributed by atoms with van der Waals surface area (Å²) in [6.07, 6.45) is 9.48. The maximum Gasteiger partial charge on any atom is 0.114 e. The van der Waals surface area contributed by atoms with E-state index < -0.39 is 0 Å². The van der Waals surface area contributed by atoms with E-state index in [0.717, 1.165) is 11.0 Å². The molecule has 0 saturated heterocycles. The minimum Gasteiger partial charge on any atom is -0.319 e. The summed E-state index contributed by atoms with van der Waals surface area (Å²) in [6, 6.07) is 22.6. The van der Waals surface area contributed by atoms with E-state index >= 15 is 0 Å². The summed E-state index contributed by atoms with van der Waals surface area (Å²) in [6.45, 7) is 3.37. The fourth-order valence-electron chi connectivity index (χ4n) is 3.88. The first-order chi connectivity index (χ1) is 12.1. The third-order valence-electron chi connectivity index (χ3n) is 5.29. The van der Waals surface area contributed by atoms with Crippen molar-refractivity contribution >= 4 is 0 Å². The molecule has 0 aliphatic rings. The molecule has 1 unspecified atom stereocenters. The SMILES string of the molecule is CCCCCCCCC(c1ccccc1)[N+](C)(C)Cc1ccccc1. The van der Waals surface area contributed by atoms with Gasteiger partial charge in [-0.1, -0.05) is 99.7 Å². The molecule has 1 atom stereocenters. The molecule has 1 nitrogen and oxygen atoms in total. The van der Waals surface area contributed by atoms with Gasteiger partial charge in [0.25, 0.3) is 0 Å². The average Bonchev–Trinajstić information content (AvgIpc) is 2.62. The zero-order chi connectivity index (χ0) is 18.0. The monoisotopic (exact) mass is 338 g/mol. The largest absolute Gasteiger partial charge is 0.319 e. The molecule has 2 rings (SSSR count). The van der Waals surface area contributed by atoms with Crippen LogP contribution in [0.4, 0.5) is 0 Å². The van der Waals surface area contributed by atoms with Crippen LogP contribution in [0.1, 0.15) is 69.0 Å². The van der Waals surface area contributed by atoms with E-state index in [2.05, 4.69) is 81.7 Å². The van der Waals surface area contributed by atoms with Crippen LogP contribution in [0.5, 0.6) is 0 Å². The van der Waals surface area contributed by atoms with Gasteiger partial charge >= 0.3 is 0 Å². The molecule has 1 heteroatoms. The standard InChI is InChI=1S/C24H36N/c1-4-5-6-7-8-15-20-24(23-18-13-10-14-19-23)25(2,3)21-22-16-11-9-12-17-22/h9-14,16-19,24H,4-8,15,20-21H2,1-3H3/q+1. The van der Waals surface area contributed by atoms with Gasteiger partial charge in [0.15, 0.2) is 0 Å². The Labute approximate surface area is 155 Å². The molecule has 0 bridgehead atoms. The fourth-order valence-corrected chi connectivity index (χ4v) is 3.88. The summed E-state index contributed by atoms with van der Waals surface area (Å²) in [5.74, 6) is 0. The lowest BCUT2D eigenvalue weighted by molar-refractivity contribution is -0.934. The van der Waals surface area contributed by atoms with Crippen molar-refractivity contribution in [1.29, 1.82) is 0 Å². The molecular weight excluding hydrogens is 302 g/mol. The second-order valence-electron chi connectivity index (χ2n) is 7.91. The van der Waals surface area contributed by atoms with Crippen LogP contribution in [0.3, 0.4) is 0 Å². The van der Waals surface area contributed by atoms with Crippen LogP contribution in [0.15, 0.2) is 60.7 Å². The van der Waals surface area contributed by atoms with E-state index in [1.54, 1.807) is 0 Å². The smallest absolute Gasteiger partial charge is 0.114 e. The minimum absolute atomic E-state index is 0.563. The lowest BCUT2D eigenvalue weighted by atomic mass is 9.96. The van der Waals surface area contributed by atoms with E-state index in [-0.39, 0.29) is 0 Å². The summed E-state index contributed by atoms with van der Waals surface area (Å²) >= 11 is 0. The van der Waals surface area contributed by atoms with E-state index in [4.69, 9.17) is 0 Å². The molecule has 0 radical (unpaired) electrons. The molecule has 136 valence electrons. The van der Waals surface area contributed by atoms with Gasteiger partial charge in [0.05, 0.1) is 14.1 Å². The molecule has 2 aromatic rings. The van der Waals surface area contributed by atoms with Gasteiger partial charge in [-0.2, -0.15) is 0 Å². The Kier molecular flexibility index (Phi) is 8.21. The van der Waals surface area contributed by atoms with E-state index in [1.807, 2.05) is 0 Å². The molecule has 0 heterocycles. The van der Waals surface area contributed by atoms with Crippen molar-refractivity contribution in [3.63, 3.8) is 0 Å². The molecule has 0 aromatic heterocycles. The Bertz CT molecular complexity index is 574. The second kappa shape index (κ2) is 10.4. The van der Waals surface area contributed by atoms with Crippen molar-refractivity contribution < 1.29 is 4.48 Å². The van der Waals surface area contributed by atoms with Crippen molar-refractivity contribution in [3.8, 4) is 0 Å². The van der Waals surface area contributed by atoms with Gasteiger partial charge in [-0.15, -0.1) is 0 Å². The van der Waals surface area contributed by atoms with Crippen molar-refractivity contribution in [2.45, 2.75) is 64.5 Å². The van der Waals surface area contributed by atoms with Gasteiger partial charge in [-0.25, -0.2) is 0 Å². The molecule has 0 aliphatic heterocycles. The van der Waals surface area contributed by atoms with E-state index in [9.17, 15) is 0 Å². The van der Waals surface area contributed by atoms with Gasteiger partial charge in [0.1, 0.15) is 12.6 Å². The summed E-state index contributed by atoms with van der Waals surface area (Å²) < 4.78 is 1.02. The summed E-state index contributed by atoms with van der Waals surface area (Å²) in [5, 5.41) is 0. The van der Waals surface area contributed by atoms with E-state index in [1.165, 1.54) is 56.1 Å². The van der Waals surface area contributed by atoms with Crippen LogP contribution in [0.25, 0.3) is 0 Å². The Morgan fingerprint density at radius 1 is 0.720 bits per heavy atom. The third-order valence-corrected chi connectivity index (χ3v) is 5.29. The first-order valence-corrected chi connectivity index (χ1v) is 10.0. The topological polar surface area (TPSA) is 0 Å². The normalized spacial score (nSPS) is 12.9. The Morgan fingerprint density at radius 2 is 1.28 bits per heavy atom. The maximum absolute atomic E-state index is 2.39. The fraction of sp³-hybridized carbons (Fsp3) is 0.500. The molecule has 25 heavy (non-hydrogen) atoms. The van der Waals surface area contributed by atoms with Crippen LogP contribution < -0.4 is 0 Å². The van der Waals surface area contributed by atoms with Crippen LogP contribution >= 0.6 is 0 Å². The summed E-state index contributed by atoms with van der Waals surface area (Å²) in [7, 11) is 4.78. The van der Waals surface area contributed by atoms with Crippen LogP contribution in [-0.4, -0.2) is 18.6 Å². The molecule has 0 saturated carbocycles. The van der Waals surface area contributed by atoms with Gasteiger partial charge in [-0.3, -0.25) is 0 Å². The molecule has 2 aromatic carbocycles. The Balaban J connectivity index is 2.03. The highest BCUT2D eigenvalue weighted by atomic mass is 15.3. The Morgan fingerprint density at radius 3 is 1.92 bits per heavy atom. The summed E-state index contributed by atoms with van der Waals surface area (Å²) in [5.41, 5.74) is 2.91. The quantitative estimate of drug-likeness (QED) is 0.314. The number of hydrogen-bond acceptors (Lipinski definition) is 0. The third kappa shape index (κ3) is 6.66. The van der Waals surface area contributed by atoms with Crippen molar-refractivity contribution in [3.05, 3.63) is 71.8 Å². The van der Waals surface area contributed by atoms with Crippen molar-refractivity contribution in [1.82, 2.24) is 0 Å². The van der Waals surface area contributed by atoms with Gasteiger partial charge in [0, 0.05) is 17.5 Å². The first kappa shape index (κ1) is 19.7. The number of unbranched alkanes of at least 4 members (excludes halogenated alkanes) is 5. The molecular formula is C24H36N+. The van der Waals surface area contributed by atoms with Crippen molar-refractivity contribution in [2.24, 2.45) is 0 Å². The predicted molar refractivity (Wildman–Crippen MR) is 109 cm³/mol. The highest BCUT2D eigenvalue weighted by Crippen LogP contribution is 2.32. The molecule has 0 aliphatic carbocycles. The number of hydrogen-bond donors (Lipinski definition) is 0. The second-order valence-corrected chi connectivity index (χ2v) is 7.91. The molecule has 0 spiro atoms. The zero-order valence-electron chi connectivity index (χ0n) is 16.5.